The molecule has 1 aliphatic heterocycles. The first-order valence-corrected chi connectivity index (χ1v) is 8.31. The number of hydrogen-bond acceptors (Lipinski definition) is 5. The molecule has 1 heterocycles. The predicted molar refractivity (Wildman–Crippen MR) is 98.8 cm³/mol. The van der Waals surface area contributed by atoms with Crippen molar-refractivity contribution in [3.8, 4) is 11.5 Å². The number of halogens is 1. The van der Waals surface area contributed by atoms with Gasteiger partial charge < -0.3 is 20.1 Å². The van der Waals surface area contributed by atoms with Gasteiger partial charge in [-0.25, -0.2) is 0 Å². The zero-order valence-corrected chi connectivity index (χ0v) is 14.9. The van der Waals surface area contributed by atoms with Crippen molar-refractivity contribution in [1.29, 1.82) is 0 Å². The monoisotopic (exact) mass is 375 g/mol. The topological polar surface area (TPSA) is 79.9 Å². The van der Waals surface area contributed by atoms with Gasteiger partial charge in [-0.15, -0.1) is 0 Å². The molecule has 2 amide bonds. The lowest BCUT2D eigenvalue weighted by Gasteiger charge is -2.16. The molecule has 0 fully saturated rings. The maximum atomic E-state index is 12.1. The first-order valence-electron chi connectivity index (χ1n) is 7.93. The Bertz CT molecular complexity index is 811. The molecule has 0 atom stereocenters. The SMILES string of the molecule is CN(CC(=O)Nc1ccc(Cl)cc1)CC(=O)Nc1ccc2c(c1)OCO2. The van der Waals surface area contributed by atoms with E-state index in [-0.39, 0.29) is 31.7 Å². The molecule has 0 aliphatic carbocycles. The lowest BCUT2D eigenvalue weighted by atomic mass is 10.2. The number of benzene rings is 2. The summed E-state index contributed by atoms with van der Waals surface area (Å²) >= 11 is 5.81. The zero-order valence-electron chi connectivity index (χ0n) is 14.1. The fourth-order valence-electron chi connectivity index (χ4n) is 2.45. The van der Waals surface area contributed by atoms with Gasteiger partial charge in [0.25, 0.3) is 0 Å². The Labute approximate surface area is 155 Å². The molecule has 2 N–H and O–H groups in total. The van der Waals surface area contributed by atoms with E-state index in [4.69, 9.17) is 21.1 Å². The van der Waals surface area contributed by atoms with E-state index in [0.29, 0.717) is 27.9 Å². The summed E-state index contributed by atoms with van der Waals surface area (Å²) in [4.78, 5) is 25.8. The molecule has 7 nitrogen and oxygen atoms in total. The van der Waals surface area contributed by atoms with Crippen LogP contribution in [0, 0.1) is 0 Å². The van der Waals surface area contributed by atoms with Gasteiger partial charge in [0.2, 0.25) is 18.6 Å². The molecular formula is C18H18ClN3O4. The first-order chi connectivity index (χ1) is 12.5. The van der Waals surface area contributed by atoms with E-state index < -0.39 is 0 Å². The normalized spacial score (nSPS) is 12.1. The van der Waals surface area contributed by atoms with Gasteiger partial charge in [-0.3, -0.25) is 14.5 Å². The quantitative estimate of drug-likeness (QED) is 0.811. The molecule has 0 bridgehead atoms. The molecular weight excluding hydrogens is 358 g/mol. The highest BCUT2D eigenvalue weighted by molar-refractivity contribution is 6.30. The molecule has 0 saturated heterocycles. The van der Waals surface area contributed by atoms with Crippen LogP contribution in [0.3, 0.4) is 0 Å². The number of likely N-dealkylation sites (N-methyl/N-ethyl adjacent to an activating group) is 1. The van der Waals surface area contributed by atoms with Crippen LogP contribution in [-0.2, 0) is 9.59 Å². The van der Waals surface area contributed by atoms with Crippen LogP contribution in [-0.4, -0.2) is 43.6 Å². The lowest BCUT2D eigenvalue weighted by molar-refractivity contribution is -0.119. The van der Waals surface area contributed by atoms with Gasteiger partial charge in [0.1, 0.15) is 0 Å². The Balaban J connectivity index is 1.46. The maximum Gasteiger partial charge on any atom is 0.238 e. The first kappa shape index (κ1) is 18.0. The number of hydrogen-bond donors (Lipinski definition) is 2. The third-order valence-corrected chi connectivity index (χ3v) is 3.86. The fraction of sp³-hybridized carbons (Fsp3) is 0.222. The number of rotatable bonds is 6. The van der Waals surface area contributed by atoms with Crippen molar-refractivity contribution in [2.75, 3.05) is 37.6 Å². The Morgan fingerprint density at radius 1 is 0.962 bits per heavy atom. The van der Waals surface area contributed by atoms with E-state index in [2.05, 4.69) is 10.6 Å². The van der Waals surface area contributed by atoms with E-state index in [1.165, 1.54) is 0 Å². The van der Waals surface area contributed by atoms with Crippen molar-refractivity contribution >= 4 is 34.8 Å². The average molecular weight is 376 g/mol. The highest BCUT2D eigenvalue weighted by atomic mass is 35.5. The van der Waals surface area contributed by atoms with Gasteiger partial charge in [0.15, 0.2) is 11.5 Å². The standard InChI is InChI=1S/C18H18ClN3O4/c1-22(9-17(23)20-13-4-2-12(19)3-5-13)10-18(24)21-14-6-7-15-16(8-14)26-11-25-15/h2-8H,9-11H2,1H3,(H,20,23)(H,21,24). The largest absolute Gasteiger partial charge is 0.454 e. The summed E-state index contributed by atoms with van der Waals surface area (Å²) < 4.78 is 10.5. The molecule has 0 aromatic heterocycles. The average Bonchev–Trinajstić information content (AvgIpc) is 3.04. The number of fused-ring (bicyclic) bond motifs is 1. The van der Waals surface area contributed by atoms with Gasteiger partial charge >= 0.3 is 0 Å². The number of carbonyl (C=O) groups is 2. The van der Waals surface area contributed by atoms with Crippen LogP contribution in [0.4, 0.5) is 11.4 Å². The summed E-state index contributed by atoms with van der Waals surface area (Å²) in [6, 6.07) is 12.0. The highest BCUT2D eigenvalue weighted by Gasteiger charge is 2.15. The van der Waals surface area contributed by atoms with Crippen LogP contribution in [0.2, 0.25) is 5.02 Å². The number of ether oxygens (including phenoxy) is 2. The van der Waals surface area contributed by atoms with Crippen molar-refractivity contribution < 1.29 is 19.1 Å². The van der Waals surface area contributed by atoms with E-state index in [1.54, 1.807) is 54.4 Å². The van der Waals surface area contributed by atoms with E-state index in [0.717, 1.165) is 0 Å². The van der Waals surface area contributed by atoms with Crippen LogP contribution >= 0.6 is 11.6 Å². The second kappa shape index (κ2) is 8.07. The minimum absolute atomic E-state index is 0.0719. The Morgan fingerprint density at radius 3 is 2.23 bits per heavy atom. The molecule has 0 saturated carbocycles. The smallest absolute Gasteiger partial charge is 0.238 e. The van der Waals surface area contributed by atoms with Crippen LogP contribution < -0.4 is 20.1 Å². The number of amides is 2. The third-order valence-electron chi connectivity index (χ3n) is 3.61. The molecule has 2 aromatic carbocycles. The van der Waals surface area contributed by atoms with Gasteiger partial charge in [-0.05, 0) is 43.4 Å². The molecule has 136 valence electrons. The molecule has 2 aromatic rings. The number of anilines is 2. The summed E-state index contributed by atoms with van der Waals surface area (Å²) in [5, 5.41) is 6.12. The highest BCUT2D eigenvalue weighted by Crippen LogP contribution is 2.34. The molecule has 0 spiro atoms. The Hall–Kier alpha value is -2.77. The number of nitrogens with zero attached hydrogens (tertiary/aromatic N) is 1. The van der Waals surface area contributed by atoms with Crippen molar-refractivity contribution in [2.24, 2.45) is 0 Å². The summed E-state index contributed by atoms with van der Waals surface area (Å²) in [5.74, 6) is 0.800. The summed E-state index contributed by atoms with van der Waals surface area (Å²) in [5.41, 5.74) is 1.26. The van der Waals surface area contributed by atoms with Gasteiger partial charge in [-0.2, -0.15) is 0 Å². The van der Waals surface area contributed by atoms with E-state index in [1.807, 2.05) is 0 Å². The second-order valence-corrected chi connectivity index (χ2v) is 6.28. The molecule has 0 unspecified atom stereocenters. The van der Waals surface area contributed by atoms with Crippen LogP contribution in [0.1, 0.15) is 0 Å². The van der Waals surface area contributed by atoms with Gasteiger partial charge in [0, 0.05) is 22.5 Å². The molecule has 3 rings (SSSR count). The van der Waals surface area contributed by atoms with Crippen molar-refractivity contribution in [1.82, 2.24) is 4.90 Å². The van der Waals surface area contributed by atoms with Crippen LogP contribution in [0.5, 0.6) is 11.5 Å². The number of carbonyl (C=O) groups excluding carboxylic acids is 2. The molecule has 1 aliphatic rings. The molecule has 26 heavy (non-hydrogen) atoms. The summed E-state index contributed by atoms with van der Waals surface area (Å²) in [7, 11) is 1.70. The summed E-state index contributed by atoms with van der Waals surface area (Å²) in [6.45, 7) is 0.331. The minimum atomic E-state index is -0.231. The van der Waals surface area contributed by atoms with Crippen LogP contribution in [0.15, 0.2) is 42.5 Å². The minimum Gasteiger partial charge on any atom is -0.454 e. The van der Waals surface area contributed by atoms with Crippen molar-refractivity contribution in [3.05, 3.63) is 47.5 Å². The van der Waals surface area contributed by atoms with Crippen molar-refractivity contribution in [2.45, 2.75) is 0 Å². The Kier molecular flexibility index (Phi) is 5.60. The Morgan fingerprint density at radius 2 is 1.54 bits per heavy atom. The predicted octanol–water partition coefficient (Wildman–Crippen LogP) is 2.58. The molecule has 8 heteroatoms. The lowest BCUT2D eigenvalue weighted by Crippen LogP contribution is -2.36. The van der Waals surface area contributed by atoms with Crippen LogP contribution in [0.25, 0.3) is 0 Å². The fourth-order valence-corrected chi connectivity index (χ4v) is 2.58. The third kappa shape index (κ3) is 4.87. The van der Waals surface area contributed by atoms with Crippen molar-refractivity contribution in [3.63, 3.8) is 0 Å². The number of nitrogens with one attached hydrogen (secondary N) is 2. The van der Waals surface area contributed by atoms with E-state index in [9.17, 15) is 9.59 Å². The van der Waals surface area contributed by atoms with E-state index >= 15 is 0 Å². The molecule has 0 radical (unpaired) electrons. The maximum absolute atomic E-state index is 12.1. The zero-order chi connectivity index (χ0) is 18.5. The second-order valence-electron chi connectivity index (χ2n) is 5.84. The van der Waals surface area contributed by atoms with Gasteiger partial charge in [0.05, 0.1) is 13.1 Å². The summed E-state index contributed by atoms with van der Waals surface area (Å²) in [6.07, 6.45) is 0. The van der Waals surface area contributed by atoms with Gasteiger partial charge in [-0.1, -0.05) is 11.6 Å².